The number of hydrogen-bond donors (Lipinski definition) is 1. The van der Waals surface area contributed by atoms with Crippen LogP contribution < -0.4 is 0 Å². The monoisotopic (exact) mass is 228 g/mol. The summed E-state index contributed by atoms with van der Waals surface area (Å²) < 4.78 is 24.5. The van der Waals surface area contributed by atoms with Gasteiger partial charge >= 0.3 is 5.38 Å². The topological polar surface area (TPSA) is 20.2 Å². The third-order valence-corrected chi connectivity index (χ3v) is 2.46. The molecule has 0 fully saturated rings. The SMILES string of the molecule is CCCCCCCCC(O)C(F)(F)Cl. The van der Waals surface area contributed by atoms with Crippen molar-refractivity contribution in [2.45, 2.75) is 63.4 Å². The van der Waals surface area contributed by atoms with Crippen molar-refractivity contribution < 1.29 is 13.9 Å². The van der Waals surface area contributed by atoms with Crippen LogP contribution in [0.5, 0.6) is 0 Å². The summed E-state index contributed by atoms with van der Waals surface area (Å²) in [4.78, 5) is 0. The fourth-order valence-corrected chi connectivity index (χ4v) is 1.39. The van der Waals surface area contributed by atoms with Gasteiger partial charge in [0.25, 0.3) is 0 Å². The molecule has 0 spiro atoms. The number of unbranched alkanes of at least 4 members (excludes halogenated alkanes) is 5. The van der Waals surface area contributed by atoms with Crippen molar-refractivity contribution >= 4 is 11.6 Å². The molecule has 0 aliphatic rings. The molecule has 0 saturated heterocycles. The Labute approximate surface area is 89.5 Å². The van der Waals surface area contributed by atoms with E-state index in [-0.39, 0.29) is 6.42 Å². The van der Waals surface area contributed by atoms with Gasteiger partial charge < -0.3 is 5.11 Å². The van der Waals surface area contributed by atoms with Crippen LogP contribution in [0.1, 0.15) is 51.9 Å². The lowest BCUT2D eigenvalue weighted by Gasteiger charge is -2.15. The van der Waals surface area contributed by atoms with Gasteiger partial charge in [0, 0.05) is 0 Å². The van der Waals surface area contributed by atoms with Crippen LogP contribution in [0.25, 0.3) is 0 Å². The summed E-state index contributed by atoms with van der Waals surface area (Å²) in [6, 6.07) is 0. The predicted octanol–water partition coefficient (Wildman–Crippen LogP) is 3.93. The minimum atomic E-state index is -3.47. The van der Waals surface area contributed by atoms with Crippen molar-refractivity contribution in [1.82, 2.24) is 0 Å². The smallest absolute Gasteiger partial charge is 0.347 e. The summed E-state index contributed by atoms with van der Waals surface area (Å²) in [5.74, 6) is 0. The fraction of sp³-hybridized carbons (Fsp3) is 1.00. The van der Waals surface area contributed by atoms with Crippen molar-refractivity contribution in [1.29, 1.82) is 0 Å². The van der Waals surface area contributed by atoms with Gasteiger partial charge in [-0.1, -0.05) is 45.4 Å². The van der Waals surface area contributed by atoms with Crippen LogP contribution in [-0.2, 0) is 0 Å². The Morgan fingerprint density at radius 1 is 1.14 bits per heavy atom. The molecule has 0 aliphatic carbocycles. The first-order valence-corrected chi connectivity index (χ1v) is 5.61. The van der Waals surface area contributed by atoms with E-state index in [1.54, 1.807) is 0 Å². The summed E-state index contributed by atoms with van der Waals surface area (Å²) in [5, 5.41) is 5.44. The molecular formula is C10H19ClF2O. The van der Waals surface area contributed by atoms with Gasteiger partial charge in [0.05, 0.1) is 0 Å². The second kappa shape index (κ2) is 7.41. The van der Waals surface area contributed by atoms with E-state index in [9.17, 15) is 8.78 Å². The molecule has 0 aromatic carbocycles. The summed E-state index contributed by atoms with van der Waals surface area (Å²) in [7, 11) is 0. The Morgan fingerprint density at radius 3 is 2.14 bits per heavy atom. The van der Waals surface area contributed by atoms with Gasteiger partial charge in [-0.05, 0) is 18.0 Å². The molecule has 0 bridgehead atoms. The quantitative estimate of drug-likeness (QED) is 0.493. The molecule has 1 N–H and O–H groups in total. The molecule has 4 heteroatoms. The highest BCUT2D eigenvalue weighted by Crippen LogP contribution is 2.26. The Balaban J connectivity index is 3.28. The first-order valence-electron chi connectivity index (χ1n) is 5.23. The second-order valence-corrected chi connectivity index (χ2v) is 4.12. The first-order chi connectivity index (χ1) is 6.48. The largest absolute Gasteiger partial charge is 0.385 e. The van der Waals surface area contributed by atoms with E-state index in [0.29, 0.717) is 6.42 Å². The maximum atomic E-state index is 12.3. The van der Waals surface area contributed by atoms with Gasteiger partial charge in [-0.3, -0.25) is 0 Å². The first kappa shape index (κ1) is 14.1. The number of halogens is 3. The van der Waals surface area contributed by atoms with Crippen molar-refractivity contribution in [2.24, 2.45) is 0 Å². The van der Waals surface area contributed by atoms with Crippen molar-refractivity contribution in [3.05, 3.63) is 0 Å². The maximum absolute atomic E-state index is 12.3. The summed E-state index contributed by atoms with van der Waals surface area (Å²) in [6.07, 6.45) is 4.45. The van der Waals surface area contributed by atoms with Gasteiger partial charge in [0.15, 0.2) is 0 Å². The second-order valence-electron chi connectivity index (χ2n) is 3.61. The highest BCUT2D eigenvalue weighted by Gasteiger charge is 2.34. The van der Waals surface area contributed by atoms with Crippen molar-refractivity contribution in [2.75, 3.05) is 0 Å². The molecule has 86 valence electrons. The number of alkyl halides is 3. The zero-order valence-electron chi connectivity index (χ0n) is 8.61. The third-order valence-electron chi connectivity index (χ3n) is 2.21. The average Bonchev–Trinajstić information content (AvgIpc) is 2.09. The Hall–Kier alpha value is 0.110. The van der Waals surface area contributed by atoms with E-state index in [1.807, 2.05) is 0 Å². The molecule has 1 nitrogen and oxygen atoms in total. The summed E-state index contributed by atoms with van der Waals surface area (Å²) in [6.45, 7) is 2.12. The minimum absolute atomic E-state index is 0.0859. The predicted molar refractivity (Wildman–Crippen MR) is 54.8 cm³/mol. The van der Waals surface area contributed by atoms with E-state index in [2.05, 4.69) is 18.5 Å². The molecule has 0 rings (SSSR count). The van der Waals surface area contributed by atoms with Crippen LogP contribution in [-0.4, -0.2) is 16.6 Å². The zero-order valence-corrected chi connectivity index (χ0v) is 9.36. The van der Waals surface area contributed by atoms with Gasteiger partial charge in [0.2, 0.25) is 0 Å². The molecular weight excluding hydrogens is 210 g/mol. The number of aliphatic hydroxyl groups excluding tert-OH is 1. The maximum Gasteiger partial charge on any atom is 0.347 e. The summed E-state index contributed by atoms with van der Waals surface area (Å²) in [5.41, 5.74) is 0. The van der Waals surface area contributed by atoms with E-state index in [0.717, 1.165) is 19.3 Å². The molecule has 0 heterocycles. The normalized spacial score (nSPS) is 14.4. The van der Waals surface area contributed by atoms with E-state index in [4.69, 9.17) is 5.11 Å². The van der Waals surface area contributed by atoms with Crippen LogP contribution in [0, 0.1) is 0 Å². The standard InChI is InChI=1S/C10H19ClF2O/c1-2-3-4-5-6-7-8-9(14)10(11,12)13/h9,14H,2-8H2,1H3. The lowest BCUT2D eigenvalue weighted by atomic mass is 10.1. The highest BCUT2D eigenvalue weighted by atomic mass is 35.5. The lowest BCUT2D eigenvalue weighted by Crippen LogP contribution is -2.26. The van der Waals surface area contributed by atoms with Crippen LogP contribution in [0.2, 0.25) is 0 Å². The fourth-order valence-electron chi connectivity index (χ4n) is 1.28. The van der Waals surface area contributed by atoms with Gasteiger partial charge in [0.1, 0.15) is 6.10 Å². The van der Waals surface area contributed by atoms with Gasteiger partial charge in [-0.25, -0.2) is 0 Å². The van der Waals surface area contributed by atoms with Crippen LogP contribution in [0.15, 0.2) is 0 Å². The molecule has 0 saturated carbocycles. The molecule has 0 aromatic rings. The molecule has 0 aliphatic heterocycles. The van der Waals surface area contributed by atoms with Crippen molar-refractivity contribution in [3.63, 3.8) is 0 Å². The van der Waals surface area contributed by atoms with Crippen LogP contribution in [0.4, 0.5) is 8.78 Å². The Morgan fingerprint density at radius 2 is 1.64 bits per heavy atom. The van der Waals surface area contributed by atoms with Crippen LogP contribution in [0.3, 0.4) is 0 Å². The zero-order chi connectivity index (χ0) is 11.0. The van der Waals surface area contributed by atoms with Crippen LogP contribution >= 0.6 is 11.6 Å². The number of aliphatic hydroxyl groups is 1. The number of hydrogen-bond acceptors (Lipinski definition) is 1. The summed E-state index contributed by atoms with van der Waals surface area (Å²) >= 11 is 4.66. The molecule has 0 aromatic heterocycles. The van der Waals surface area contributed by atoms with E-state index < -0.39 is 11.5 Å². The van der Waals surface area contributed by atoms with Gasteiger partial charge in [-0.15, -0.1) is 0 Å². The van der Waals surface area contributed by atoms with Gasteiger partial charge in [-0.2, -0.15) is 8.78 Å². The van der Waals surface area contributed by atoms with E-state index in [1.165, 1.54) is 12.8 Å². The Kier molecular flexibility index (Phi) is 7.47. The molecule has 14 heavy (non-hydrogen) atoms. The lowest BCUT2D eigenvalue weighted by molar-refractivity contribution is -0.0452. The Bertz CT molecular complexity index is 137. The van der Waals surface area contributed by atoms with Crippen molar-refractivity contribution in [3.8, 4) is 0 Å². The minimum Gasteiger partial charge on any atom is -0.385 e. The number of rotatable bonds is 8. The molecule has 1 atom stereocenters. The average molecular weight is 229 g/mol. The molecule has 0 radical (unpaired) electrons. The molecule has 1 unspecified atom stereocenters. The highest BCUT2D eigenvalue weighted by molar-refractivity contribution is 6.22. The third kappa shape index (κ3) is 7.51. The van der Waals surface area contributed by atoms with E-state index >= 15 is 0 Å². The molecule has 0 amide bonds.